The zero-order chi connectivity index (χ0) is 19.1. The van der Waals surface area contributed by atoms with Crippen LogP contribution in [-0.4, -0.2) is 66.4 Å². The molecule has 1 fully saturated rings. The predicted molar refractivity (Wildman–Crippen MR) is 107 cm³/mol. The third-order valence-electron chi connectivity index (χ3n) is 4.43. The highest BCUT2D eigenvalue weighted by molar-refractivity contribution is 7.99. The van der Waals surface area contributed by atoms with Crippen molar-refractivity contribution in [2.45, 2.75) is 18.4 Å². The van der Waals surface area contributed by atoms with Crippen LogP contribution in [0.15, 0.2) is 44.7 Å². The lowest BCUT2D eigenvalue weighted by molar-refractivity contribution is 0.169. The third-order valence-corrected chi connectivity index (χ3v) is 5.48. The van der Waals surface area contributed by atoms with Gasteiger partial charge in [-0.05, 0) is 19.1 Å². The van der Waals surface area contributed by atoms with Crippen molar-refractivity contribution in [3.05, 3.63) is 47.6 Å². The number of hydrogen-bond donors (Lipinski definition) is 1. The summed E-state index contributed by atoms with van der Waals surface area (Å²) >= 11 is 1.51. The van der Waals surface area contributed by atoms with Gasteiger partial charge in [-0.1, -0.05) is 17.3 Å². The van der Waals surface area contributed by atoms with E-state index in [1.165, 1.54) is 17.8 Å². The number of benzene rings is 1. The molecule has 0 radical (unpaired) electrons. The first-order chi connectivity index (χ1) is 13.2. The maximum Gasteiger partial charge on any atom is 0.193 e. The van der Waals surface area contributed by atoms with Crippen LogP contribution in [0.5, 0.6) is 0 Å². The van der Waals surface area contributed by atoms with Crippen molar-refractivity contribution in [3.63, 3.8) is 0 Å². The van der Waals surface area contributed by atoms with E-state index in [9.17, 15) is 4.39 Å². The molecule has 0 unspecified atom stereocenters. The monoisotopic (exact) mass is 391 g/mol. The fourth-order valence-electron chi connectivity index (χ4n) is 3.06. The maximum atomic E-state index is 13.6. The van der Waals surface area contributed by atoms with Crippen molar-refractivity contribution in [3.8, 4) is 0 Å². The maximum absolute atomic E-state index is 13.6. The average molecular weight is 392 g/mol. The van der Waals surface area contributed by atoms with Crippen LogP contribution in [0.3, 0.4) is 0 Å². The van der Waals surface area contributed by atoms with Crippen molar-refractivity contribution >= 4 is 17.7 Å². The van der Waals surface area contributed by atoms with E-state index in [1.807, 2.05) is 25.1 Å². The highest BCUT2D eigenvalue weighted by atomic mass is 32.2. The van der Waals surface area contributed by atoms with Gasteiger partial charge >= 0.3 is 0 Å². The van der Waals surface area contributed by atoms with E-state index in [1.54, 1.807) is 13.1 Å². The molecule has 0 atom stereocenters. The topological polar surface area (TPSA) is 56.9 Å². The molecule has 1 aliphatic rings. The van der Waals surface area contributed by atoms with Crippen LogP contribution in [-0.2, 0) is 6.54 Å². The second-order valence-corrected chi connectivity index (χ2v) is 7.58. The highest BCUT2D eigenvalue weighted by Crippen LogP contribution is 2.20. The lowest BCUT2D eigenvalue weighted by atomic mass is 10.3. The summed E-state index contributed by atoms with van der Waals surface area (Å²) in [6, 6.07) is 8.86. The van der Waals surface area contributed by atoms with Gasteiger partial charge in [0.05, 0.1) is 5.69 Å². The number of aliphatic imine (C=N–C) groups is 1. The minimum Gasteiger partial charge on any atom is -0.361 e. The fraction of sp³-hybridized carbons (Fsp3) is 0.474. The normalized spacial score (nSPS) is 16.0. The number of aromatic nitrogens is 1. The smallest absolute Gasteiger partial charge is 0.193 e. The fourth-order valence-corrected chi connectivity index (χ4v) is 3.86. The third kappa shape index (κ3) is 5.71. The molecule has 8 heteroatoms. The summed E-state index contributed by atoms with van der Waals surface area (Å²) in [5.41, 5.74) is 0.980. The van der Waals surface area contributed by atoms with E-state index in [-0.39, 0.29) is 5.82 Å². The Labute approximate surface area is 163 Å². The van der Waals surface area contributed by atoms with Gasteiger partial charge in [0.25, 0.3) is 0 Å². The molecule has 0 saturated carbocycles. The summed E-state index contributed by atoms with van der Waals surface area (Å²) in [4.78, 5) is 9.71. The minimum atomic E-state index is -0.162. The molecule has 1 aromatic carbocycles. The molecule has 1 aromatic heterocycles. The van der Waals surface area contributed by atoms with Gasteiger partial charge in [-0.3, -0.25) is 9.89 Å². The highest BCUT2D eigenvalue weighted by Gasteiger charge is 2.20. The molecule has 0 bridgehead atoms. The first-order valence-electron chi connectivity index (χ1n) is 9.13. The Hall–Kier alpha value is -2.06. The van der Waals surface area contributed by atoms with Crippen molar-refractivity contribution in [2.75, 3.05) is 45.5 Å². The number of guanidine groups is 1. The first kappa shape index (κ1) is 19.7. The van der Waals surface area contributed by atoms with Crippen LogP contribution < -0.4 is 5.32 Å². The molecule has 2 heterocycles. The van der Waals surface area contributed by atoms with Gasteiger partial charge in [0.1, 0.15) is 11.6 Å². The first-order valence-corrected chi connectivity index (χ1v) is 10.1. The van der Waals surface area contributed by atoms with Crippen LogP contribution in [0.1, 0.15) is 11.5 Å². The van der Waals surface area contributed by atoms with Gasteiger partial charge in [-0.25, -0.2) is 4.39 Å². The van der Waals surface area contributed by atoms with Crippen molar-refractivity contribution < 1.29 is 8.91 Å². The Bertz CT molecular complexity index is 758. The average Bonchev–Trinajstić information content (AvgIpc) is 3.09. The van der Waals surface area contributed by atoms with Crippen molar-refractivity contribution in [2.24, 2.45) is 4.99 Å². The molecule has 0 aliphatic carbocycles. The second-order valence-electron chi connectivity index (χ2n) is 6.44. The summed E-state index contributed by atoms with van der Waals surface area (Å²) in [7, 11) is 1.80. The number of halogens is 1. The summed E-state index contributed by atoms with van der Waals surface area (Å²) in [6.07, 6.45) is 0. The second kappa shape index (κ2) is 9.75. The van der Waals surface area contributed by atoms with Gasteiger partial charge in [-0.2, -0.15) is 0 Å². The standard InChI is InChI=1S/C19H26FN5OS/c1-15-13-16(23-26-15)14-24-8-10-25(11-9-24)19(21-2)22-7-12-27-18-6-4-3-5-17(18)20/h3-6,13H,7-12,14H2,1-2H3,(H,21,22). The number of hydrogen-bond acceptors (Lipinski definition) is 5. The summed E-state index contributed by atoms with van der Waals surface area (Å²) in [5, 5.41) is 7.45. The van der Waals surface area contributed by atoms with Crippen LogP contribution in [0, 0.1) is 12.7 Å². The quantitative estimate of drug-likeness (QED) is 0.354. The molecule has 27 heavy (non-hydrogen) atoms. The zero-order valence-corrected chi connectivity index (χ0v) is 16.6. The number of thioether (sulfide) groups is 1. The number of aryl methyl sites for hydroxylation is 1. The Balaban J connectivity index is 1.39. The number of piperazine rings is 1. The van der Waals surface area contributed by atoms with E-state index in [2.05, 4.69) is 25.3 Å². The molecule has 1 N–H and O–H groups in total. The van der Waals surface area contributed by atoms with Crippen molar-refractivity contribution in [1.82, 2.24) is 20.3 Å². The Kier molecular flexibility index (Phi) is 7.11. The molecule has 1 saturated heterocycles. The molecular weight excluding hydrogens is 365 g/mol. The van der Waals surface area contributed by atoms with Crippen molar-refractivity contribution in [1.29, 1.82) is 0 Å². The number of rotatable bonds is 6. The molecule has 0 amide bonds. The molecule has 3 rings (SSSR count). The van der Waals surface area contributed by atoms with E-state index < -0.39 is 0 Å². The van der Waals surface area contributed by atoms with Crippen LogP contribution in [0.4, 0.5) is 4.39 Å². The Morgan fingerprint density at radius 2 is 2.07 bits per heavy atom. The summed E-state index contributed by atoms with van der Waals surface area (Å²) < 4.78 is 18.8. The van der Waals surface area contributed by atoms with Crippen LogP contribution in [0.25, 0.3) is 0 Å². The van der Waals surface area contributed by atoms with E-state index >= 15 is 0 Å². The minimum absolute atomic E-state index is 0.162. The summed E-state index contributed by atoms with van der Waals surface area (Å²) in [6.45, 7) is 7.20. The summed E-state index contributed by atoms with van der Waals surface area (Å²) in [5.74, 6) is 2.37. The molecule has 1 aliphatic heterocycles. The largest absolute Gasteiger partial charge is 0.361 e. The molecule has 0 spiro atoms. The molecule has 2 aromatic rings. The Morgan fingerprint density at radius 1 is 1.30 bits per heavy atom. The Morgan fingerprint density at radius 3 is 2.74 bits per heavy atom. The van der Waals surface area contributed by atoms with Crippen LogP contribution >= 0.6 is 11.8 Å². The van der Waals surface area contributed by atoms with E-state index in [4.69, 9.17) is 4.52 Å². The van der Waals surface area contributed by atoms with Gasteiger partial charge in [0.2, 0.25) is 0 Å². The van der Waals surface area contributed by atoms with Gasteiger partial charge in [-0.15, -0.1) is 11.8 Å². The zero-order valence-electron chi connectivity index (χ0n) is 15.8. The van der Waals surface area contributed by atoms with Gasteiger partial charge in [0.15, 0.2) is 5.96 Å². The van der Waals surface area contributed by atoms with Crippen LogP contribution in [0.2, 0.25) is 0 Å². The van der Waals surface area contributed by atoms with E-state index in [0.29, 0.717) is 4.90 Å². The molecule has 146 valence electrons. The van der Waals surface area contributed by atoms with Gasteiger partial charge in [0, 0.05) is 63.0 Å². The lowest BCUT2D eigenvalue weighted by Crippen LogP contribution is -2.52. The SMILES string of the molecule is CN=C(NCCSc1ccccc1F)N1CCN(Cc2cc(C)on2)CC1. The van der Waals surface area contributed by atoms with E-state index in [0.717, 1.165) is 62.4 Å². The van der Waals surface area contributed by atoms with Gasteiger partial charge < -0.3 is 14.7 Å². The predicted octanol–water partition coefficient (Wildman–Crippen LogP) is 2.61. The molecule has 6 nitrogen and oxygen atoms in total. The number of nitrogens with zero attached hydrogens (tertiary/aromatic N) is 4. The lowest BCUT2D eigenvalue weighted by Gasteiger charge is -2.36. The number of nitrogens with one attached hydrogen (secondary N) is 1. The molecular formula is C19H26FN5OS.